The van der Waals surface area contributed by atoms with E-state index < -0.39 is 32.9 Å². The molecular weight excluding hydrogens is 469 g/mol. The molecule has 4 aromatic rings. The molecule has 2 aromatic heterocycles. The monoisotopic (exact) mass is 478 g/mol. The molecule has 0 amide bonds. The summed E-state index contributed by atoms with van der Waals surface area (Å²) in [5.41, 5.74) is -0.168. The van der Waals surface area contributed by atoms with Crippen molar-refractivity contribution in [3.63, 3.8) is 0 Å². The van der Waals surface area contributed by atoms with E-state index in [4.69, 9.17) is 23.2 Å². The minimum atomic E-state index is -4.30. The fourth-order valence-corrected chi connectivity index (χ4v) is 4.49. The Hall–Kier alpha value is -3.19. The Bertz CT molecular complexity index is 1490. The summed E-state index contributed by atoms with van der Waals surface area (Å²) in [6.07, 6.45) is 2.95. The first-order valence-electron chi connectivity index (χ1n) is 8.51. The highest BCUT2D eigenvalue weighted by molar-refractivity contribution is 7.92. The average Bonchev–Trinajstić information content (AvgIpc) is 3.19. The molecule has 0 saturated heterocycles. The largest absolute Gasteiger partial charge is 0.277 e. The van der Waals surface area contributed by atoms with Gasteiger partial charge in [-0.3, -0.25) is 9.82 Å². The van der Waals surface area contributed by atoms with Crippen LogP contribution in [0.1, 0.15) is 11.1 Å². The summed E-state index contributed by atoms with van der Waals surface area (Å²) in [5.74, 6) is 2.87. The smallest absolute Gasteiger partial charge is 0.263 e. The van der Waals surface area contributed by atoms with Crippen LogP contribution in [-0.2, 0) is 10.0 Å². The summed E-state index contributed by atoms with van der Waals surface area (Å²) in [5, 5.41) is 7.20. The summed E-state index contributed by atoms with van der Waals surface area (Å²) in [4.78, 5) is 3.74. The van der Waals surface area contributed by atoms with E-state index in [1.807, 2.05) is 0 Å². The van der Waals surface area contributed by atoms with E-state index in [0.29, 0.717) is 16.6 Å². The number of rotatable bonds is 3. The molecule has 6 nitrogen and oxygen atoms in total. The van der Waals surface area contributed by atoms with Crippen molar-refractivity contribution in [2.45, 2.75) is 4.90 Å². The maximum atomic E-state index is 14.9. The molecule has 0 unspecified atom stereocenters. The van der Waals surface area contributed by atoms with Crippen molar-refractivity contribution in [1.29, 1.82) is 0 Å². The SMILES string of the molecule is O=S(=O)(Nc1ccc(F)c(C#Cc2cnc3[nH]ncc3c2)c1F)c1cc(Cl)ccc1Cl. The lowest BCUT2D eigenvalue weighted by Crippen LogP contribution is -2.15. The van der Waals surface area contributed by atoms with Gasteiger partial charge in [-0.15, -0.1) is 0 Å². The average molecular weight is 479 g/mol. The second kappa shape index (κ2) is 8.15. The minimum Gasteiger partial charge on any atom is -0.277 e. The molecule has 0 bridgehead atoms. The molecule has 0 fully saturated rings. The van der Waals surface area contributed by atoms with Crippen LogP contribution in [0.25, 0.3) is 11.0 Å². The Morgan fingerprint density at radius 1 is 1.03 bits per heavy atom. The van der Waals surface area contributed by atoms with Crippen molar-refractivity contribution in [2.75, 3.05) is 4.72 Å². The van der Waals surface area contributed by atoms with Crippen LogP contribution in [0, 0.1) is 23.5 Å². The van der Waals surface area contributed by atoms with Gasteiger partial charge in [0.25, 0.3) is 10.0 Å². The number of halogens is 4. The molecule has 2 aromatic carbocycles. The van der Waals surface area contributed by atoms with Crippen LogP contribution >= 0.6 is 23.2 Å². The first-order valence-corrected chi connectivity index (χ1v) is 10.8. The Morgan fingerprint density at radius 2 is 1.84 bits per heavy atom. The predicted molar refractivity (Wildman–Crippen MR) is 113 cm³/mol. The Labute approximate surface area is 185 Å². The van der Waals surface area contributed by atoms with Gasteiger partial charge in [-0.2, -0.15) is 5.10 Å². The van der Waals surface area contributed by atoms with Gasteiger partial charge in [-0.25, -0.2) is 22.2 Å². The van der Waals surface area contributed by atoms with Crippen molar-refractivity contribution < 1.29 is 17.2 Å². The Kier molecular flexibility index (Phi) is 5.54. The Balaban J connectivity index is 1.70. The maximum Gasteiger partial charge on any atom is 0.263 e. The van der Waals surface area contributed by atoms with Crippen LogP contribution in [0.15, 0.2) is 53.7 Å². The van der Waals surface area contributed by atoms with E-state index in [9.17, 15) is 17.2 Å². The van der Waals surface area contributed by atoms with Crippen LogP contribution in [0.4, 0.5) is 14.5 Å². The zero-order chi connectivity index (χ0) is 22.2. The summed E-state index contributed by atoms with van der Waals surface area (Å²) in [6.45, 7) is 0. The van der Waals surface area contributed by atoms with E-state index in [-0.39, 0.29) is 14.9 Å². The minimum absolute atomic E-state index is 0.110. The quantitative estimate of drug-likeness (QED) is 0.416. The van der Waals surface area contributed by atoms with Gasteiger partial charge in [-0.1, -0.05) is 35.0 Å². The molecule has 0 aliphatic carbocycles. The molecule has 2 N–H and O–H groups in total. The number of nitrogens with zero attached hydrogens (tertiary/aromatic N) is 2. The van der Waals surface area contributed by atoms with Crippen molar-refractivity contribution in [2.24, 2.45) is 0 Å². The van der Waals surface area contributed by atoms with Gasteiger partial charge in [0.15, 0.2) is 11.5 Å². The van der Waals surface area contributed by atoms with Gasteiger partial charge < -0.3 is 0 Å². The van der Waals surface area contributed by atoms with Gasteiger partial charge in [0.05, 0.1) is 22.5 Å². The number of nitrogens with one attached hydrogen (secondary N) is 2. The first-order chi connectivity index (χ1) is 14.7. The number of aromatic nitrogens is 3. The van der Waals surface area contributed by atoms with Gasteiger partial charge in [0.1, 0.15) is 10.7 Å². The highest BCUT2D eigenvalue weighted by atomic mass is 35.5. The van der Waals surface area contributed by atoms with Crippen LogP contribution < -0.4 is 4.72 Å². The van der Waals surface area contributed by atoms with E-state index in [0.717, 1.165) is 18.2 Å². The molecule has 0 spiro atoms. The standard InChI is InChI=1S/C20H10Cl2F2N4O2S/c21-13-2-4-15(22)18(8-13)31(29,30)28-17-6-5-16(23)14(19(17)24)3-1-11-7-12-10-26-27-20(12)25-9-11/h2,4-10,28H,(H,25,26,27). The molecule has 4 rings (SSSR count). The van der Waals surface area contributed by atoms with E-state index >= 15 is 0 Å². The van der Waals surface area contributed by atoms with Gasteiger partial charge >= 0.3 is 0 Å². The predicted octanol–water partition coefficient (Wildman–Crippen LogP) is 4.74. The summed E-state index contributed by atoms with van der Waals surface area (Å²) in [6, 6.07) is 7.31. The normalized spacial score (nSPS) is 11.2. The number of sulfonamides is 1. The lowest BCUT2D eigenvalue weighted by molar-refractivity contribution is 0.578. The first kappa shape index (κ1) is 21.1. The van der Waals surface area contributed by atoms with Crippen LogP contribution in [0.3, 0.4) is 0 Å². The van der Waals surface area contributed by atoms with Crippen molar-refractivity contribution in [3.8, 4) is 11.8 Å². The molecule has 0 aliphatic rings. The molecule has 0 aliphatic heterocycles. The zero-order valence-electron chi connectivity index (χ0n) is 15.2. The lowest BCUT2D eigenvalue weighted by atomic mass is 10.1. The number of benzene rings is 2. The van der Waals surface area contributed by atoms with Crippen LogP contribution in [-0.4, -0.2) is 23.6 Å². The highest BCUT2D eigenvalue weighted by Gasteiger charge is 2.22. The number of hydrogen-bond acceptors (Lipinski definition) is 4. The van der Waals surface area contributed by atoms with Gasteiger partial charge in [0, 0.05) is 22.2 Å². The third-order valence-electron chi connectivity index (χ3n) is 4.14. The second-order valence-electron chi connectivity index (χ2n) is 6.25. The lowest BCUT2D eigenvalue weighted by Gasteiger charge is -2.11. The number of H-pyrrole nitrogens is 1. The summed E-state index contributed by atoms with van der Waals surface area (Å²) < 4.78 is 56.4. The molecule has 2 heterocycles. The Morgan fingerprint density at radius 3 is 2.65 bits per heavy atom. The number of pyridine rings is 1. The van der Waals surface area contributed by atoms with Crippen molar-refractivity contribution in [3.05, 3.63) is 81.6 Å². The van der Waals surface area contributed by atoms with E-state index in [2.05, 4.69) is 31.7 Å². The molecule has 0 saturated carbocycles. The fraction of sp³-hybridized carbons (Fsp3) is 0. The zero-order valence-corrected chi connectivity index (χ0v) is 17.6. The van der Waals surface area contributed by atoms with Crippen LogP contribution in [0.5, 0.6) is 0 Å². The summed E-state index contributed by atoms with van der Waals surface area (Å²) >= 11 is 11.8. The summed E-state index contributed by atoms with van der Waals surface area (Å²) in [7, 11) is -4.30. The van der Waals surface area contributed by atoms with E-state index in [1.54, 1.807) is 6.07 Å². The van der Waals surface area contributed by atoms with Gasteiger partial charge in [0.2, 0.25) is 0 Å². The van der Waals surface area contributed by atoms with Crippen molar-refractivity contribution >= 4 is 49.9 Å². The number of anilines is 1. The molecule has 31 heavy (non-hydrogen) atoms. The number of hydrogen-bond donors (Lipinski definition) is 2. The molecule has 0 atom stereocenters. The number of fused-ring (bicyclic) bond motifs is 1. The molecule has 156 valence electrons. The maximum absolute atomic E-state index is 14.9. The van der Waals surface area contributed by atoms with Gasteiger partial charge in [-0.05, 0) is 36.4 Å². The third-order valence-corrected chi connectivity index (χ3v) is 6.22. The highest BCUT2D eigenvalue weighted by Crippen LogP contribution is 2.29. The molecular formula is C20H10Cl2F2N4O2S. The molecule has 0 radical (unpaired) electrons. The van der Waals surface area contributed by atoms with E-state index in [1.165, 1.54) is 24.5 Å². The fourth-order valence-electron chi connectivity index (χ4n) is 2.67. The second-order valence-corrected chi connectivity index (χ2v) is 8.74. The molecule has 11 heteroatoms. The number of aromatic amines is 1. The third kappa shape index (κ3) is 4.32. The van der Waals surface area contributed by atoms with Crippen molar-refractivity contribution in [1.82, 2.24) is 15.2 Å². The topological polar surface area (TPSA) is 87.7 Å². The van der Waals surface area contributed by atoms with Crippen LogP contribution in [0.2, 0.25) is 10.0 Å².